The lowest BCUT2D eigenvalue weighted by molar-refractivity contribution is 0.0697. The van der Waals surface area contributed by atoms with E-state index in [0.717, 1.165) is 51.9 Å². The standard InChI is InChI=1S/C21H18O3/c1-10-15-16(10)21(15)17-18(21)19(17)24-14-8-6-12(7-9-14)11-2-4-13(5-3-11)20(22)23/h2-10,15-19H,1H3,(H,22,23). The first-order valence-electron chi connectivity index (χ1n) is 8.74. The van der Waals surface area contributed by atoms with Crippen LogP contribution in [0.5, 0.6) is 5.75 Å². The minimum atomic E-state index is -0.895. The van der Waals surface area contributed by atoms with Gasteiger partial charge in [0.2, 0.25) is 0 Å². The Morgan fingerprint density at radius 1 is 0.917 bits per heavy atom. The maximum atomic E-state index is 10.9. The molecule has 4 aliphatic rings. The second-order valence-electron chi connectivity index (χ2n) is 7.95. The van der Waals surface area contributed by atoms with Gasteiger partial charge in [0, 0.05) is 11.8 Å². The Hall–Kier alpha value is -2.29. The highest BCUT2D eigenvalue weighted by Gasteiger charge is 3.05. The molecule has 2 aromatic carbocycles. The van der Waals surface area contributed by atoms with Crippen LogP contribution in [0.3, 0.4) is 0 Å². The van der Waals surface area contributed by atoms with Gasteiger partial charge in [-0.3, -0.25) is 0 Å². The Kier molecular flexibility index (Phi) is 2.09. The Morgan fingerprint density at radius 2 is 1.46 bits per heavy atom. The van der Waals surface area contributed by atoms with Crippen molar-refractivity contribution in [1.29, 1.82) is 0 Å². The smallest absolute Gasteiger partial charge is 0.335 e. The van der Waals surface area contributed by atoms with Crippen molar-refractivity contribution in [3.8, 4) is 16.9 Å². The molecule has 120 valence electrons. The zero-order valence-corrected chi connectivity index (χ0v) is 13.3. The van der Waals surface area contributed by atoms with Crippen LogP contribution in [-0.2, 0) is 0 Å². The third-order valence-corrected chi connectivity index (χ3v) is 7.02. The van der Waals surface area contributed by atoms with Gasteiger partial charge in [0.1, 0.15) is 11.9 Å². The number of benzene rings is 2. The van der Waals surface area contributed by atoms with Crippen LogP contribution in [0.1, 0.15) is 17.3 Å². The van der Waals surface area contributed by atoms with Crippen LogP contribution < -0.4 is 4.74 Å². The van der Waals surface area contributed by atoms with E-state index in [1.165, 1.54) is 0 Å². The molecule has 4 aliphatic carbocycles. The van der Waals surface area contributed by atoms with Crippen LogP contribution in [0, 0.1) is 35.0 Å². The summed E-state index contributed by atoms with van der Waals surface area (Å²) in [6.45, 7) is 2.38. The maximum Gasteiger partial charge on any atom is 0.335 e. The Balaban J connectivity index is 1.12. The number of carbonyl (C=O) groups is 1. The van der Waals surface area contributed by atoms with Crippen LogP contribution in [0.2, 0.25) is 0 Å². The summed E-state index contributed by atoms with van der Waals surface area (Å²) in [6.07, 6.45) is 0.478. The molecule has 0 aromatic heterocycles. The van der Waals surface area contributed by atoms with E-state index in [1.54, 1.807) is 12.1 Å². The molecule has 4 unspecified atom stereocenters. The van der Waals surface area contributed by atoms with Gasteiger partial charge >= 0.3 is 5.97 Å². The van der Waals surface area contributed by atoms with Gasteiger partial charge in [-0.05, 0) is 58.6 Å². The number of hydrogen-bond donors (Lipinski definition) is 1. The molecule has 0 bridgehead atoms. The highest BCUT2D eigenvalue weighted by molar-refractivity contribution is 5.88. The summed E-state index contributed by atoms with van der Waals surface area (Å²) in [5.41, 5.74) is 3.18. The van der Waals surface area contributed by atoms with E-state index in [9.17, 15) is 4.79 Å². The molecule has 6 rings (SSSR count). The van der Waals surface area contributed by atoms with Crippen molar-refractivity contribution in [2.24, 2.45) is 35.0 Å². The van der Waals surface area contributed by atoms with Crippen molar-refractivity contribution in [1.82, 2.24) is 0 Å². The number of hydrogen-bond acceptors (Lipinski definition) is 2. The summed E-state index contributed by atoms with van der Waals surface area (Å²) in [5, 5.41) is 8.96. The van der Waals surface area contributed by atoms with Crippen molar-refractivity contribution >= 4 is 5.97 Å². The normalized spacial score (nSPS) is 42.0. The van der Waals surface area contributed by atoms with Crippen molar-refractivity contribution in [2.45, 2.75) is 13.0 Å². The third kappa shape index (κ3) is 1.42. The van der Waals surface area contributed by atoms with E-state index in [4.69, 9.17) is 9.84 Å². The topological polar surface area (TPSA) is 46.5 Å². The molecule has 1 spiro atoms. The second kappa shape index (κ2) is 3.85. The summed E-state index contributed by atoms with van der Waals surface area (Å²) in [7, 11) is 0. The third-order valence-electron chi connectivity index (χ3n) is 7.02. The quantitative estimate of drug-likeness (QED) is 0.929. The fraction of sp³-hybridized carbons (Fsp3) is 0.381. The van der Waals surface area contributed by atoms with Crippen molar-refractivity contribution in [3.63, 3.8) is 0 Å². The summed E-state index contributed by atoms with van der Waals surface area (Å²) >= 11 is 0. The van der Waals surface area contributed by atoms with Gasteiger partial charge in [0.25, 0.3) is 0 Å². The van der Waals surface area contributed by atoms with Gasteiger partial charge in [0.15, 0.2) is 0 Å². The van der Waals surface area contributed by atoms with Crippen LogP contribution in [0.25, 0.3) is 11.1 Å². The molecule has 4 atom stereocenters. The maximum absolute atomic E-state index is 10.9. The summed E-state index contributed by atoms with van der Waals surface area (Å²) in [5.74, 6) is 4.92. The monoisotopic (exact) mass is 318 g/mol. The molecule has 3 heteroatoms. The average Bonchev–Trinajstić information content (AvgIpc) is 3.46. The predicted molar refractivity (Wildman–Crippen MR) is 88.8 cm³/mol. The number of fused-ring (bicyclic) bond motifs is 6. The number of carboxylic acids is 1. The van der Waals surface area contributed by atoms with Crippen molar-refractivity contribution < 1.29 is 14.6 Å². The first kappa shape index (κ1) is 13.1. The SMILES string of the molecule is CC1C2C1C21C2C(Oc3ccc(-c4ccc(C(=O)O)cc4)cc3)C21. The Labute approximate surface area is 140 Å². The molecule has 1 N–H and O–H groups in total. The van der Waals surface area contributed by atoms with E-state index in [0.29, 0.717) is 11.7 Å². The Bertz CT molecular complexity index is 845. The lowest BCUT2D eigenvalue weighted by atomic mass is 9.93. The molecule has 0 amide bonds. The fourth-order valence-corrected chi connectivity index (χ4v) is 5.68. The minimum Gasteiger partial charge on any atom is -0.490 e. The van der Waals surface area contributed by atoms with Crippen molar-refractivity contribution in [2.75, 3.05) is 0 Å². The molecule has 24 heavy (non-hydrogen) atoms. The first-order chi connectivity index (χ1) is 11.6. The molecular weight excluding hydrogens is 300 g/mol. The van der Waals surface area contributed by atoms with Crippen LogP contribution >= 0.6 is 0 Å². The van der Waals surface area contributed by atoms with Gasteiger partial charge in [0.05, 0.1) is 5.56 Å². The zero-order chi connectivity index (χ0) is 16.2. The second-order valence-corrected chi connectivity index (χ2v) is 7.95. The average molecular weight is 318 g/mol. The lowest BCUT2D eigenvalue weighted by Crippen LogP contribution is -2.21. The molecule has 4 saturated carbocycles. The first-order valence-corrected chi connectivity index (χ1v) is 8.74. The largest absolute Gasteiger partial charge is 0.490 e. The highest BCUT2D eigenvalue weighted by atomic mass is 16.5. The van der Waals surface area contributed by atoms with E-state index in [1.807, 2.05) is 36.4 Å². The molecule has 0 saturated heterocycles. The van der Waals surface area contributed by atoms with E-state index >= 15 is 0 Å². The van der Waals surface area contributed by atoms with E-state index in [-0.39, 0.29) is 0 Å². The number of ether oxygens (including phenoxy) is 1. The fourth-order valence-electron chi connectivity index (χ4n) is 5.68. The van der Waals surface area contributed by atoms with E-state index < -0.39 is 5.97 Å². The van der Waals surface area contributed by atoms with Gasteiger partial charge in [-0.15, -0.1) is 0 Å². The highest BCUT2D eigenvalue weighted by Crippen LogP contribution is 3.04. The van der Waals surface area contributed by atoms with Crippen molar-refractivity contribution in [3.05, 3.63) is 54.1 Å². The number of carboxylic acid groups (broad SMARTS) is 1. The summed E-state index contributed by atoms with van der Waals surface area (Å²) in [6, 6.07) is 15.1. The number of rotatable bonds is 4. The summed E-state index contributed by atoms with van der Waals surface area (Å²) in [4.78, 5) is 10.9. The molecule has 0 aliphatic heterocycles. The van der Waals surface area contributed by atoms with Crippen LogP contribution in [0.15, 0.2) is 48.5 Å². The lowest BCUT2D eigenvalue weighted by Gasteiger charge is -2.19. The molecule has 4 fully saturated rings. The van der Waals surface area contributed by atoms with Crippen LogP contribution in [0.4, 0.5) is 0 Å². The van der Waals surface area contributed by atoms with Crippen LogP contribution in [-0.4, -0.2) is 17.2 Å². The molecule has 0 radical (unpaired) electrons. The van der Waals surface area contributed by atoms with Gasteiger partial charge in [-0.1, -0.05) is 31.2 Å². The number of aromatic carboxylic acids is 1. The predicted octanol–water partition coefficient (Wildman–Crippen LogP) is 3.94. The molecule has 0 heterocycles. The van der Waals surface area contributed by atoms with Gasteiger partial charge in [-0.2, -0.15) is 0 Å². The van der Waals surface area contributed by atoms with Gasteiger partial charge < -0.3 is 9.84 Å². The molecule has 2 aromatic rings. The summed E-state index contributed by atoms with van der Waals surface area (Å²) < 4.78 is 6.13. The van der Waals surface area contributed by atoms with Gasteiger partial charge in [-0.25, -0.2) is 4.79 Å². The zero-order valence-electron chi connectivity index (χ0n) is 13.3. The Morgan fingerprint density at radius 3 is 1.96 bits per heavy atom. The molecule has 3 nitrogen and oxygen atoms in total. The van der Waals surface area contributed by atoms with E-state index in [2.05, 4.69) is 6.92 Å². The minimum absolute atomic E-state index is 0.313. The molecular formula is C21H18O3.